The van der Waals surface area contributed by atoms with Gasteiger partial charge in [0, 0.05) is 12.7 Å². The van der Waals surface area contributed by atoms with Crippen LogP contribution in [-0.4, -0.2) is 24.2 Å². The largest absolute Gasteiger partial charge is 0.487 e. The fourth-order valence-corrected chi connectivity index (χ4v) is 3.19. The highest BCUT2D eigenvalue weighted by Gasteiger charge is 2.53. The van der Waals surface area contributed by atoms with Crippen molar-refractivity contribution in [3.63, 3.8) is 0 Å². The molecule has 4 rings (SSSR count). The monoisotopic (exact) mass is 216 g/mol. The fourth-order valence-electron chi connectivity index (χ4n) is 3.19. The topological polar surface area (TPSA) is 25.4 Å². The van der Waals surface area contributed by atoms with Gasteiger partial charge in [0.1, 0.15) is 6.61 Å². The van der Waals surface area contributed by atoms with E-state index in [1.165, 1.54) is 31.4 Å². The first-order valence-corrected chi connectivity index (χ1v) is 6.13. The molecule has 1 aliphatic carbocycles. The number of fused-ring (bicyclic) bond motifs is 3. The summed E-state index contributed by atoms with van der Waals surface area (Å²) >= 11 is 0. The zero-order chi connectivity index (χ0) is 10.8. The van der Waals surface area contributed by atoms with Crippen LogP contribution in [-0.2, 0) is 0 Å². The summed E-state index contributed by atoms with van der Waals surface area (Å²) in [7, 11) is 0. The summed E-state index contributed by atoms with van der Waals surface area (Å²) in [5.41, 5.74) is 1.83. The Morgan fingerprint density at radius 2 is 2.38 bits per heavy atom. The van der Waals surface area contributed by atoms with Gasteiger partial charge in [0.15, 0.2) is 11.6 Å². The van der Waals surface area contributed by atoms with E-state index in [2.05, 4.69) is 16.8 Å². The second-order valence-corrected chi connectivity index (χ2v) is 5.58. The molecule has 0 bridgehead atoms. The van der Waals surface area contributed by atoms with E-state index in [0.717, 1.165) is 18.2 Å². The molecule has 0 radical (unpaired) electrons. The average molecular weight is 216 g/mol. The molecule has 1 atom stereocenters. The maximum atomic E-state index is 5.89. The lowest BCUT2D eigenvalue weighted by Gasteiger charge is -2.32. The number of hydrogen-bond acceptors (Lipinski definition) is 3. The number of anilines is 1. The van der Waals surface area contributed by atoms with E-state index in [1.807, 2.05) is 12.3 Å². The summed E-state index contributed by atoms with van der Waals surface area (Å²) in [6.07, 6.45) is 6.02. The lowest BCUT2D eigenvalue weighted by Crippen LogP contribution is -2.39. The molecule has 0 unspecified atom stereocenters. The molecule has 1 aromatic rings. The molecular formula is C13H16N2O. The summed E-state index contributed by atoms with van der Waals surface area (Å²) < 4.78 is 5.89. The Kier molecular flexibility index (Phi) is 1.50. The Morgan fingerprint density at radius 3 is 3.19 bits per heavy atom. The molecule has 1 saturated carbocycles. The number of aryl methyl sites for hydroxylation is 1. The second-order valence-electron chi connectivity index (χ2n) is 5.58. The van der Waals surface area contributed by atoms with Crippen LogP contribution in [0.2, 0.25) is 0 Å². The van der Waals surface area contributed by atoms with Crippen molar-refractivity contribution in [1.29, 1.82) is 0 Å². The molecule has 3 aliphatic rings. The third kappa shape index (κ3) is 1.06. The molecule has 3 nitrogen and oxygen atoms in total. The van der Waals surface area contributed by atoms with Crippen molar-refractivity contribution in [1.82, 2.24) is 4.98 Å². The first-order chi connectivity index (χ1) is 7.77. The van der Waals surface area contributed by atoms with Gasteiger partial charge in [0.05, 0.1) is 6.04 Å². The van der Waals surface area contributed by atoms with Crippen LogP contribution in [0.4, 0.5) is 5.82 Å². The summed E-state index contributed by atoms with van der Waals surface area (Å²) in [6, 6.07) is 2.60. The third-order valence-corrected chi connectivity index (χ3v) is 4.35. The lowest BCUT2D eigenvalue weighted by atomic mass is 10.0. The predicted octanol–water partition coefficient (Wildman–Crippen LogP) is 2.14. The van der Waals surface area contributed by atoms with Crippen LogP contribution in [0.1, 0.15) is 24.8 Å². The molecule has 2 aliphatic heterocycles. The highest BCUT2D eigenvalue weighted by Crippen LogP contribution is 2.57. The number of ether oxygens (including phenoxy) is 1. The summed E-state index contributed by atoms with van der Waals surface area (Å²) in [6.45, 7) is 4.15. The third-order valence-electron chi connectivity index (χ3n) is 4.35. The SMILES string of the molecule is Cc1ccnc2c1OC[C@@H]1CC3(CC3)CN21. The average Bonchev–Trinajstić information content (AvgIpc) is 2.91. The molecule has 0 amide bonds. The van der Waals surface area contributed by atoms with Crippen molar-refractivity contribution < 1.29 is 4.74 Å². The van der Waals surface area contributed by atoms with Gasteiger partial charge in [-0.2, -0.15) is 0 Å². The molecule has 0 aromatic carbocycles. The second kappa shape index (κ2) is 2.70. The van der Waals surface area contributed by atoms with Gasteiger partial charge in [-0.25, -0.2) is 4.98 Å². The molecule has 1 spiro atoms. The van der Waals surface area contributed by atoms with E-state index in [9.17, 15) is 0 Å². The zero-order valence-electron chi connectivity index (χ0n) is 9.57. The predicted molar refractivity (Wildman–Crippen MR) is 61.9 cm³/mol. The van der Waals surface area contributed by atoms with Gasteiger partial charge in [-0.15, -0.1) is 0 Å². The lowest BCUT2D eigenvalue weighted by molar-refractivity contribution is 0.265. The minimum absolute atomic E-state index is 0.573. The molecule has 3 heterocycles. The number of pyridine rings is 1. The molecule has 84 valence electrons. The first-order valence-electron chi connectivity index (χ1n) is 6.13. The Morgan fingerprint density at radius 1 is 1.50 bits per heavy atom. The normalized spacial score (nSPS) is 28.6. The maximum Gasteiger partial charge on any atom is 0.172 e. The van der Waals surface area contributed by atoms with E-state index in [4.69, 9.17) is 4.74 Å². The summed E-state index contributed by atoms with van der Waals surface area (Å²) in [5.74, 6) is 2.09. The minimum atomic E-state index is 0.573. The van der Waals surface area contributed by atoms with Gasteiger partial charge >= 0.3 is 0 Å². The van der Waals surface area contributed by atoms with Crippen molar-refractivity contribution in [3.05, 3.63) is 17.8 Å². The van der Waals surface area contributed by atoms with Crippen LogP contribution >= 0.6 is 0 Å². The van der Waals surface area contributed by atoms with E-state index in [-0.39, 0.29) is 0 Å². The zero-order valence-corrected chi connectivity index (χ0v) is 9.57. The van der Waals surface area contributed by atoms with Gasteiger partial charge in [-0.1, -0.05) is 0 Å². The van der Waals surface area contributed by atoms with Gasteiger partial charge in [0.2, 0.25) is 0 Å². The highest BCUT2D eigenvalue weighted by atomic mass is 16.5. The van der Waals surface area contributed by atoms with E-state index in [0.29, 0.717) is 11.5 Å². The highest BCUT2D eigenvalue weighted by molar-refractivity contribution is 5.59. The van der Waals surface area contributed by atoms with Crippen molar-refractivity contribution in [3.8, 4) is 5.75 Å². The first kappa shape index (κ1) is 8.85. The Hall–Kier alpha value is -1.25. The number of rotatable bonds is 0. The van der Waals surface area contributed by atoms with Crippen LogP contribution < -0.4 is 9.64 Å². The van der Waals surface area contributed by atoms with Crippen LogP contribution in [0.3, 0.4) is 0 Å². The van der Waals surface area contributed by atoms with Crippen LogP contribution in [0.5, 0.6) is 5.75 Å². The van der Waals surface area contributed by atoms with E-state index < -0.39 is 0 Å². The van der Waals surface area contributed by atoms with Crippen LogP contribution in [0, 0.1) is 12.3 Å². The standard InChI is InChI=1S/C13H16N2O/c1-9-2-5-14-12-11(9)16-7-10-6-13(3-4-13)8-15(10)12/h2,5,10H,3-4,6-8H2,1H3/t10-/m0/s1. The van der Waals surface area contributed by atoms with E-state index in [1.54, 1.807) is 0 Å². The molecule has 3 heteroatoms. The summed E-state index contributed by atoms with van der Waals surface area (Å²) in [4.78, 5) is 7.00. The van der Waals surface area contributed by atoms with Crippen molar-refractivity contribution in [2.45, 2.75) is 32.2 Å². The maximum absolute atomic E-state index is 5.89. The Labute approximate surface area is 95.4 Å². The van der Waals surface area contributed by atoms with Crippen LogP contribution in [0.15, 0.2) is 12.3 Å². The van der Waals surface area contributed by atoms with Gasteiger partial charge in [0.25, 0.3) is 0 Å². The Balaban J connectivity index is 1.79. The molecular weight excluding hydrogens is 200 g/mol. The fraction of sp³-hybridized carbons (Fsp3) is 0.615. The van der Waals surface area contributed by atoms with Gasteiger partial charge < -0.3 is 9.64 Å². The smallest absolute Gasteiger partial charge is 0.172 e. The number of hydrogen-bond donors (Lipinski definition) is 0. The van der Waals surface area contributed by atoms with Gasteiger partial charge in [-0.3, -0.25) is 0 Å². The molecule has 0 N–H and O–H groups in total. The van der Waals surface area contributed by atoms with Crippen LogP contribution in [0.25, 0.3) is 0 Å². The number of aromatic nitrogens is 1. The van der Waals surface area contributed by atoms with E-state index >= 15 is 0 Å². The minimum Gasteiger partial charge on any atom is -0.487 e. The molecule has 1 saturated heterocycles. The molecule has 1 aromatic heterocycles. The van der Waals surface area contributed by atoms with Crippen molar-refractivity contribution in [2.75, 3.05) is 18.1 Å². The summed E-state index contributed by atoms with van der Waals surface area (Å²) in [5, 5.41) is 0. The van der Waals surface area contributed by atoms with Crippen molar-refractivity contribution in [2.24, 2.45) is 5.41 Å². The van der Waals surface area contributed by atoms with Gasteiger partial charge in [-0.05, 0) is 43.2 Å². The Bertz CT molecular complexity index is 453. The quantitative estimate of drug-likeness (QED) is 0.664. The van der Waals surface area contributed by atoms with Crippen molar-refractivity contribution >= 4 is 5.82 Å². The number of nitrogens with zero attached hydrogens (tertiary/aromatic N) is 2. The molecule has 2 fully saturated rings. The molecule has 16 heavy (non-hydrogen) atoms.